The summed E-state index contributed by atoms with van der Waals surface area (Å²) in [4.78, 5) is 19.7. The number of anilines is 1. The summed E-state index contributed by atoms with van der Waals surface area (Å²) in [5.41, 5.74) is 2.26. The van der Waals surface area contributed by atoms with Crippen LogP contribution in [0, 0.1) is 6.92 Å². The molecule has 6 heteroatoms. The van der Waals surface area contributed by atoms with Crippen molar-refractivity contribution in [3.63, 3.8) is 0 Å². The maximum absolute atomic E-state index is 11.7. The van der Waals surface area contributed by atoms with Crippen molar-refractivity contribution in [2.75, 3.05) is 5.32 Å². The molecule has 1 heterocycles. The summed E-state index contributed by atoms with van der Waals surface area (Å²) < 4.78 is 0. The van der Waals surface area contributed by atoms with Crippen LogP contribution in [0.3, 0.4) is 0 Å². The SMILES string of the molecule is Cc1cc(CNC(=O)Nc2cccc(Cl)c2)ncn1. The Morgan fingerprint density at radius 1 is 1.32 bits per heavy atom. The largest absolute Gasteiger partial charge is 0.332 e. The zero-order valence-electron chi connectivity index (χ0n) is 10.4. The number of carbonyl (C=O) groups excluding carboxylic acids is 1. The Labute approximate surface area is 116 Å². The second kappa shape index (κ2) is 6.15. The van der Waals surface area contributed by atoms with Gasteiger partial charge < -0.3 is 10.6 Å². The lowest BCUT2D eigenvalue weighted by molar-refractivity contribution is 0.251. The number of hydrogen-bond acceptors (Lipinski definition) is 3. The van der Waals surface area contributed by atoms with E-state index in [4.69, 9.17) is 11.6 Å². The quantitative estimate of drug-likeness (QED) is 0.906. The topological polar surface area (TPSA) is 66.9 Å². The molecule has 2 amide bonds. The number of urea groups is 1. The molecule has 0 radical (unpaired) electrons. The van der Waals surface area contributed by atoms with Gasteiger partial charge in [-0.15, -0.1) is 0 Å². The molecule has 2 aromatic rings. The number of nitrogens with zero attached hydrogens (tertiary/aromatic N) is 2. The van der Waals surface area contributed by atoms with Crippen molar-refractivity contribution in [2.45, 2.75) is 13.5 Å². The molecule has 0 fully saturated rings. The van der Waals surface area contributed by atoms with E-state index in [0.29, 0.717) is 17.3 Å². The first-order valence-corrected chi connectivity index (χ1v) is 6.09. The van der Waals surface area contributed by atoms with Crippen molar-refractivity contribution < 1.29 is 4.79 Å². The average Bonchev–Trinajstić information content (AvgIpc) is 2.36. The summed E-state index contributed by atoms with van der Waals surface area (Å²) in [6.45, 7) is 2.22. The molecule has 0 aliphatic rings. The first kappa shape index (κ1) is 13.3. The van der Waals surface area contributed by atoms with E-state index >= 15 is 0 Å². The van der Waals surface area contributed by atoms with Gasteiger partial charge in [-0.3, -0.25) is 0 Å². The van der Waals surface area contributed by atoms with Gasteiger partial charge in [0.15, 0.2) is 0 Å². The van der Waals surface area contributed by atoms with Crippen LogP contribution in [0.25, 0.3) is 0 Å². The number of carbonyl (C=O) groups is 1. The highest BCUT2D eigenvalue weighted by Crippen LogP contribution is 2.14. The fourth-order valence-electron chi connectivity index (χ4n) is 1.52. The second-order valence-electron chi connectivity index (χ2n) is 3.97. The zero-order chi connectivity index (χ0) is 13.7. The van der Waals surface area contributed by atoms with E-state index in [1.165, 1.54) is 6.33 Å². The van der Waals surface area contributed by atoms with Gasteiger partial charge in [-0.2, -0.15) is 0 Å². The highest BCUT2D eigenvalue weighted by molar-refractivity contribution is 6.30. The Morgan fingerprint density at radius 3 is 2.89 bits per heavy atom. The maximum atomic E-state index is 11.7. The van der Waals surface area contributed by atoms with Crippen LogP contribution >= 0.6 is 11.6 Å². The number of aryl methyl sites for hydroxylation is 1. The average molecular weight is 277 g/mol. The number of aromatic nitrogens is 2. The van der Waals surface area contributed by atoms with Crippen LogP contribution in [0.4, 0.5) is 10.5 Å². The number of amides is 2. The summed E-state index contributed by atoms with van der Waals surface area (Å²) in [6.07, 6.45) is 1.47. The van der Waals surface area contributed by atoms with Gasteiger partial charge in [0.05, 0.1) is 12.2 Å². The minimum atomic E-state index is -0.307. The fourth-order valence-corrected chi connectivity index (χ4v) is 1.71. The number of nitrogens with one attached hydrogen (secondary N) is 2. The third-order valence-corrected chi connectivity index (χ3v) is 2.61. The van der Waals surface area contributed by atoms with Gasteiger partial charge in [-0.1, -0.05) is 17.7 Å². The standard InChI is InChI=1S/C13H13ClN4O/c1-9-5-12(17-8-16-9)7-15-13(19)18-11-4-2-3-10(14)6-11/h2-6,8H,7H2,1H3,(H2,15,18,19). The third kappa shape index (κ3) is 4.22. The Bertz CT molecular complexity index is 588. The van der Waals surface area contributed by atoms with Crippen molar-refractivity contribution in [1.82, 2.24) is 15.3 Å². The summed E-state index contributed by atoms with van der Waals surface area (Å²) in [6, 6.07) is 8.47. The molecule has 0 unspecified atom stereocenters. The molecule has 0 saturated carbocycles. The molecule has 0 bridgehead atoms. The second-order valence-corrected chi connectivity index (χ2v) is 4.41. The number of rotatable bonds is 3. The van der Waals surface area contributed by atoms with Gasteiger partial charge in [-0.25, -0.2) is 14.8 Å². The van der Waals surface area contributed by atoms with E-state index in [-0.39, 0.29) is 6.03 Å². The van der Waals surface area contributed by atoms with Crippen molar-refractivity contribution in [3.8, 4) is 0 Å². The Hall–Kier alpha value is -2.14. The van der Waals surface area contributed by atoms with Crippen LogP contribution in [0.1, 0.15) is 11.4 Å². The Balaban J connectivity index is 1.88. The fraction of sp³-hybridized carbons (Fsp3) is 0.154. The lowest BCUT2D eigenvalue weighted by Crippen LogP contribution is -2.28. The predicted molar refractivity (Wildman–Crippen MR) is 74.1 cm³/mol. The monoisotopic (exact) mass is 276 g/mol. The molecule has 1 aromatic carbocycles. The summed E-state index contributed by atoms with van der Waals surface area (Å²) in [7, 11) is 0. The molecule has 0 aliphatic heterocycles. The van der Waals surface area contributed by atoms with Gasteiger partial charge in [0, 0.05) is 16.4 Å². The van der Waals surface area contributed by atoms with Crippen molar-refractivity contribution in [2.24, 2.45) is 0 Å². The van der Waals surface area contributed by atoms with Crippen LogP contribution in [-0.2, 0) is 6.54 Å². The lowest BCUT2D eigenvalue weighted by atomic mass is 10.3. The molecule has 19 heavy (non-hydrogen) atoms. The molecular weight excluding hydrogens is 264 g/mol. The molecule has 0 atom stereocenters. The molecule has 1 aromatic heterocycles. The van der Waals surface area contributed by atoms with Crippen molar-refractivity contribution in [1.29, 1.82) is 0 Å². The van der Waals surface area contributed by atoms with E-state index in [1.54, 1.807) is 24.3 Å². The number of hydrogen-bond donors (Lipinski definition) is 2. The Morgan fingerprint density at radius 2 is 2.16 bits per heavy atom. The van der Waals surface area contributed by atoms with E-state index in [9.17, 15) is 4.79 Å². The minimum absolute atomic E-state index is 0.307. The van der Waals surface area contributed by atoms with Gasteiger partial charge in [0.25, 0.3) is 0 Å². The van der Waals surface area contributed by atoms with E-state index in [1.807, 2.05) is 13.0 Å². The smallest absolute Gasteiger partial charge is 0.319 e. The summed E-state index contributed by atoms with van der Waals surface area (Å²) in [5, 5.41) is 5.97. The van der Waals surface area contributed by atoms with Crippen LogP contribution < -0.4 is 10.6 Å². The Kier molecular flexibility index (Phi) is 4.30. The minimum Gasteiger partial charge on any atom is -0.332 e. The predicted octanol–water partition coefficient (Wildman–Crippen LogP) is 2.76. The number of halogens is 1. The molecule has 2 N–H and O–H groups in total. The van der Waals surface area contributed by atoms with E-state index in [2.05, 4.69) is 20.6 Å². The van der Waals surface area contributed by atoms with Crippen LogP contribution in [0.2, 0.25) is 5.02 Å². The molecule has 5 nitrogen and oxygen atoms in total. The van der Waals surface area contributed by atoms with Crippen molar-refractivity contribution >= 4 is 23.3 Å². The normalized spacial score (nSPS) is 10.0. The van der Waals surface area contributed by atoms with Crippen LogP contribution in [0.15, 0.2) is 36.7 Å². The molecule has 0 saturated heterocycles. The summed E-state index contributed by atoms with van der Waals surface area (Å²) in [5.74, 6) is 0. The first-order valence-electron chi connectivity index (χ1n) is 5.71. The van der Waals surface area contributed by atoms with E-state index < -0.39 is 0 Å². The third-order valence-electron chi connectivity index (χ3n) is 2.37. The highest BCUT2D eigenvalue weighted by atomic mass is 35.5. The van der Waals surface area contributed by atoms with Gasteiger partial charge in [0.2, 0.25) is 0 Å². The molecule has 0 aliphatic carbocycles. The van der Waals surface area contributed by atoms with Gasteiger partial charge in [0.1, 0.15) is 6.33 Å². The highest BCUT2D eigenvalue weighted by Gasteiger charge is 2.03. The molecular formula is C13H13ClN4O. The van der Waals surface area contributed by atoms with Crippen LogP contribution in [0.5, 0.6) is 0 Å². The number of benzene rings is 1. The molecule has 98 valence electrons. The molecule has 2 rings (SSSR count). The maximum Gasteiger partial charge on any atom is 0.319 e. The van der Waals surface area contributed by atoms with Crippen LogP contribution in [-0.4, -0.2) is 16.0 Å². The summed E-state index contributed by atoms with van der Waals surface area (Å²) >= 11 is 5.83. The molecule has 0 spiro atoms. The van der Waals surface area contributed by atoms with E-state index in [0.717, 1.165) is 11.4 Å². The first-order chi connectivity index (χ1) is 9.13. The lowest BCUT2D eigenvalue weighted by Gasteiger charge is -2.07. The zero-order valence-corrected chi connectivity index (χ0v) is 11.1. The van der Waals surface area contributed by atoms with Crippen molar-refractivity contribution in [3.05, 3.63) is 53.1 Å². The van der Waals surface area contributed by atoms with Gasteiger partial charge >= 0.3 is 6.03 Å². The van der Waals surface area contributed by atoms with Gasteiger partial charge in [-0.05, 0) is 31.2 Å².